The highest BCUT2D eigenvalue weighted by Crippen LogP contribution is 2.24. The van der Waals surface area contributed by atoms with Gasteiger partial charge < -0.3 is 10.1 Å². The van der Waals surface area contributed by atoms with Crippen molar-refractivity contribution in [2.24, 2.45) is 0 Å². The summed E-state index contributed by atoms with van der Waals surface area (Å²) < 4.78 is 5.45. The Morgan fingerprint density at radius 2 is 2.05 bits per heavy atom. The van der Waals surface area contributed by atoms with Crippen LogP contribution in [0.25, 0.3) is 0 Å². The summed E-state index contributed by atoms with van der Waals surface area (Å²) in [5, 5.41) is 3.77. The Bertz CT molecular complexity index is 400. The fourth-order valence-corrected chi connectivity index (χ4v) is 3.44. The molecule has 116 valence electrons. The summed E-state index contributed by atoms with van der Waals surface area (Å²) in [7, 11) is 0. The number of aromatic nitrogens is 1. The van der Waals surface area contributed by atoms with Crippen molar-refractivity contribution < 1.29 is 4.74 Å². The molecule has 2 aliphatic heterocycles. The summed E-state index contributed by atoms with van der Waals surface area (Å²) in [4.78, 5) is 6.95. The molecule has 1 aromatic heterocycles. The zero-order valence-electron chi connectivity index (χ0n) is 12.8. The molecule has 0 bridgehead atoms. The van der Waals surface area contributed by atoms with Crippen molar-refractivity contribution in [1.82, 2.24) is 15.2 Å². The maximum absolute atomic E-state index is 5.45. The van der Waals surface area contributed by atoms with Crippen LogP contribution in [0.5, 0.6) is 0 Å². The van der Waals surface area contributed by atoms with Crippen LogP contribution in [-0.2, 0) is 4.74 Å². The summed E-state index contributed by atoms with van der Waals surface area (Å²) in [5.74, 6) is 0. The van der Waals surface area contributed by atoms with Gasteiger partial charge in [0.2, 0.25) is 0 Å². The molecule has 1 unspecified atom stereocenters. The molecule has 0 amide bonds. The molecule has 21 heavy (non-hydrogen) atoms. The van der Waals surface area contributed by atoms with Gasteiger partial charge in [0, 0.05) is 44.2 Å². The number of ether oxygens (including phenoxy) is 1. The predicted molar refractivity (Wildman–Crippen MR) is 84.2 cm³/mol. The van der Waals surface area contributed by atoms with Crippen molar-refractivity contribution in [3.63, 3.8) is 0 Å². The molecule has 0 aromatic carbocycles. The van der Waals surface area contributed by atoms with E-state index in [1.54, 1.807) is 0 Å². The smallest absolute Gasteiger partial charge is 0.0488 e. The van der Waals surface area contributed by atoms with E-state index in [4.69, 9.17) is 4.74 Å². The third kappa shape index (κ3) is 4.25. The third-order valence-corrected chi connectivity index (χ3v) is 4.72. The molecule has 1 N–H and O–H groups in total. The first-order valence-corrected chi connectivity index (χ1v) is 8.38. The fourth-order valence-electron chi connectivity index (χ4n) is 3.44. The van der Waals surface area contributed by atoms with E-state index in [1.165, 1.54) is 37.9 Å². The number of nitrogens with zero attached hydrogens (tertiary/aromatic N) is 2. The minimum Gasteiger partial charge on any atom is -0.381 e. The van der Waals surface area contributed by atoms with E-state index in [9.17, 15) is 0 Å². The molecule has 0 radical (unpaired) electrons. The van der Waals surface area contributed by atoms with Crippen LogP contribution < -0.4 is 5.32 Å². The minimum absolute atomic E-state index is 0.460. The topological polar surface area (TPSA) is 37.4 Å². The molecule has 3 rings (SSSR count). The highest BCUT2D eigenvalue weighted by atomic mass is 16.5. The largest absolute Gasteiger partial charge is 0.381 e. The molecule has 1 atom stereocenters. The molecule has 0 saturated carbocycles. The van der Waals surface area contributed by atoms with Crippen LogP contribution >= 0.6 is 0 Å². The van der Waals surface area contributed by atoms with Crippen molar-refractivity contribution in [2.45, 2.75) is 44.2 Å². The molecule has 0 spiro atoms. The second-order valence-corrected chi connectivity index (χ2v) is 6.19. The first-order chi connectivity index (χ1) is 10.4. The maximum Gasteiger partial charge on any atom is 0.0488 e. The summed E-state index contributed by atoms with van der Waals surface area (Å²) in [6.07, 6.45) is 10.2. The molecule has 2 aliphatic rings. The monoisotopic (exact) mass is 289 g/mol. The number of likely N-dealkylation sites (tertiary alicyclic amines) is 1. The second kappa shape index (κ2) is 7.87. The standard InChI is InChI=1S/C17H27N3O/c1-2-9-20(10-3-1)17(15-5-4-8-18-13-15)14-19-16-6-11-21-12-7-16/h4-5,8,13,16-17,19H,1-3,6-7,9-12,14H2. The molecule has 1 aromatic rings. The van der Waals surface area contributed by atoms with Crippen LogP contribution in [0.3, 0.4) is 0 Å². The Morgan fingerprint density at radius 1 is 1.24 bits per heavy atom. The molecule has 2 fully saturated rings. The molecule has 4 heteroatoms. The van der Waals surface area contributed by atoms with Gasteiger partial charge in [0.1, 0.15) is 0 Å². The van der Waals surface area contributed by atoms with Crippen LogP contribution in [0, 0.1) is 0 Å². The molecule has 2 saturated heterocycles. The Morgan fingerprint density at radius 3 is 2.76 bits per heavy atom. The van der Waals surface area contributed by atoms with Crippen LogP contribution in [0.15, 0.2) is 24.5 Å². The summed E-state index contributed by atoms with van der Waals surface area (Å²) in [5.41, 5.74) is 1.35. The minimum atomic E-state index is 0.460. The van der Waals surface area contributed by atoms with E-state index < -0.39 is 0 Å². The lowest BCUT2D eigenvalue weighted by molar-refractivity contribution is 0.0736. The average molecular weight is 289 g/mol. The van der Waals surface area contributed by atoms with Gasteiger partial charge in [-0.3, -0.25) is 9.88 Å². The van der Waals surface area contributed by atoms with Crippen molar-refractivity contribution in [2.75, 3.05) is 32.8 Å². The van der Waals surface area contributed by atoms with Crippen LogP contribution in [0.2, 0.25) is 0 Å². The SMILES string of the molecule is c1cncc(C(CNC2CCOCC2)N2CCCCC2)c1. The Balaban J connectivity index is 1.63. The van der Waals surface area contributed by atoms with E-state index in [-0.39, 0.29) is 0 Å². The second-order valence-electron chi connectivity index (χ2n) is 6.19. The van der Waals surface area contributed by atoms with Gasteiger partial charge in [-0.05, 0) is 50.4 Å². The lowest BCUT2D eigenvalue weighted by Gasteiger charge is -2.36. The number of hydrogen-bond donors (Lipinski definition) is 1. The van der Waals surface area contributed by atoms with Crippen molar-refractivity contribution in [3.8, 4) is 0 Å². The van der Waals surface area contributed by atoms with E-state index in [2.05, 4.69) is 27.3 Å². The van der Waals surface area contributed by atoms with Gasteiger partial charge in [-0.25, -0.2) is 0 Å². The average Bonchev–Trinajstić information content (AvgIpc) is 2.58. The van der Waals surface area contributed by atoms with Gasteiger partial charge in [0.05, 0.1) is 0 Å². The van der Waals surface area contributed by atoms with E-state index >= 15 is 0 Å². The highest BCUT2D eigenvalue weighted by molar-refractivity contribution is 5.15. The Kier molecular flexibility index (Phi) is 5.60. The highest BCUT2D eigenvalue weighted by Gasteiger charge is 2.23. The van der Waals surface area contributed by atoms with Gasteiger partial charge in [0.15, 0.2) is 0 Å². The Labute approximate surface area is 127 Å². The van der Waals surface area contributed by atoms with E-state index in [1.807, 2.05) is 12.4 Å². The quantitative estimate of drug-likeness (QED) is 0.903. The summed E-state index contributed by atoms with van der Waals surface area (Å²) >= 11 is 0. The summed E-state index contributed by atoms with van der Waals surface area (Å²) in [6, 6.07) is 5.35. The molecule has 0 aliphatic carbocycles. The van der Waals surface area contributed by atoms with Gasteiger partial charge in [-0.1, -0.05) is 12.5 Å². The van der Waals surface area contributed by atoms with E-state index in [0.717, 1.165) is 32.6 Å². The van der Waals surface area contributed by atoms with E-state index in [0.29, 0.717) is 12.1 Å². The molecule has 3 heterocycles. The number of rotatable bonds is 5. The van der Waals surface area contributed by atoms with Crippen molar-refractivity contribution in [1.29, 1.82) is 0 Å². The zero-order chi connectivity index (χ0) is 14.3. The fraction of sp³-hybridized carbons (Fsp3) is 0.706. The molecule has 4 nitrogen and oxygen atoms in total. The van der Waals surface area contributed by atoms with Crippen molar-refractivity contribution in [3.05, 3.63) is 30.1 Å². The number of hydrogen-bond acceptors (Lipinski definition) is 4. The zero-order valence-corrected chi connectivity index (χ0v) is 12.8. The number of pyridine rings is 1. The first-order valence-electron chi connectivity index (χ1n) is 8.38. The third-order valence-electron chi connectivity index (χ3n) is 4.72. The number of nitrogens with one attached hydrogen (secondary N) is 1. The van der Waals surface area contributed by atoms with Crippen molar-refractivity contribution >= 4 is 0 Å². The van der Waals surface area contributed by atoms with Gasteiger partial charge in [0.25, 0.3) is 0 Å². The van der Waals surface area contributed by atoms with Crippen LogP contribution in [-0.4, -0.2) is 48.8 Å². The maximum atomic E-state index is 5.45. The summed E-state index contributed by atoms with van der Waals surface area (Å²) in [6.45, 7) is 5.26. The lowest BCUT2D eigenvalue weighted by atomic mass is 10.0. The van der Waals surface area contributed by atoms with Crippen LogP contribution in [0.1, 0.15) is 43.7 Å². The van der Waals surface area contributed by atoms with Gasteiger partial charge in [-0.15, -0.1) is 0 Å². The molecular formula is C17H27N3O. The molecular weight excluding hydrogens is 262 g/mol. The van der Waals surface area contributed by atoms with Crippen LogP contribution in [0.4, 0.5) is 0 Å². The number of piperidine rings is 1. The van der Waals surface area contributed by atoms with Gasteiger partial charge in [-0.2, -0.15) is 0 Å². The first kappa shape index (κ1) is 14.9. The predicted octanol–water partition coefficient (Wildman–Crippen LogP) is 2.38. The Hall–Kier alpha value is -0.970. The van der Waals surface area contributed by atoms with Gasteiger partial charge >= 0.3 is 0 Å². The normalized spacial score (nSPS) is 23.0. The lowest BCUT2D eigenvalue weighted by Crippen LogP contribution is -2.43.